The van der Waals surface area contributed by atoms with Crippen LogP contribution in [0.5, 0.6) is 0 Å². The van der Waals surface area contributed by atoms with Gasteiger partial charge in [0.25, 0.3) is 0 Å². The molecule has 0 bridgehead atoms. The Balaban J connectivity index is 1.40. The topological polar surface area (TPSA) is 69.2 Å². The van der Waals surface area contributed by atoms with Crippen LogP contribution in [0.4, 0.5) is 23.1 Å². The normalized spacial score (nSPS) is 14.6. The lowest BCUT2D eigenvalue weighted by Gasteiger charge is -2.34. The number of aromatic nitrogens is 3. The molecule has 7 heteroatoms. The predicted octanol–water partition coefficient (Wildman–Crippen LogP) is 3.29. The van der Waals surface area contributed by atoms with E-state index in [0.29, 0.717) is 12.5 Å². The third kappa shape index (κ3) is 5.20. The van der Waals surface area contributed by atoms with Gasteiger partial charge in [-0.3, -0.25) is 4.98 Å². The summed E-state index contributed by atoms with van der Waals surface area (Å²) in [7, 11) is 2.17. The van der Waals surface area contributed by atoms with Gasteiger partial charge in [-0.15, -0.1) is 0 Å². The highest BCUT2D eigenvalue weighted by Gasteiger charge is 2.14. The van der Waals surface area contributed by atoms with Gasteiger partial charge < -0.3 is 20.4 Å². The van der Waals surface area contributed by atoms with Gasteiger partial charge in [0.05, 0.1) is 12.2 Å². The van der Waals surface area contributed by atoms with E-state index in [1.54, 1.807) is 6.20 Å². The maximum Gasteiger partial charge on any atom is 0.229 e. The molecule has 0 atom stereocenters. The summed E-state index contributed by atoms with van der Waals surface area (Å²) in [6.07, 6.45) is 1.79. The van der Waals surface area contributed by atoms with Crippen LogP contribution in [0.3, 0.4) is 0 Å². The Hall–Kier alpha value is -3.19. The summed E-state index contributed by atoms with van der Waals surface area (Å²) < 4.78 is 0. The second-order valence-corrected chi connectivity index (χ2v) is 7.35. The Morgan fingerprint density at radius 2 is 1.76 bits per heavy atom. The molecule has 0 spiro atoms. The summed E-state index contributed by atoms with van der Waals surface area (Å²) in [5.41, 5.74) is 4.11. The molecule has 29 heavy (non-hydrogen) atoms. The second-order valence-electron chi connectivity index (χ2n) is 7.35. The molecule has 150 valence electrons. The molecule has 3 aromatic rings. The van der Waals surface area contributed by atoms with Crippen LogP contribution in [0.1, 0.15) is 11.4 Å². The summed E-state index contributed by atoms with van der Waals surface area (Å²) in [5.74, 6) is 1.36. The molecule has 0 amide bonds. The summed E-state index contributed by atoms with van der Waals surface area (Å²) in [5, 5.41) is 6.64. The minimum Gasteiger partial charge on any atom is -0.369 e. The summed E-state index contributed by atoms with van der Waals surface area (Å²) in [6, 6.07) is 16.3. The number of pyridine rings is 1. The number of hydrogen-bond acceptors (Lipinski definition) is 7. The molecule has 1 saturated heterocycles. The standard InChI is InChI=1S/C22H27N7/c1-17-15-21(24-16-19-5-3-4-10-23-19)27-22(25-17)26-18-6-8-20(9-7-18)29-13-11-28(2)12-14-29/h3-10,15H,11-14,16H2,1-2H3,(H2,24,25,26,27). The van der Waals surface area contributed by atoms with E-state index in [-0.39, 0.29) is 0 Å². The van der Waals surface area contributed by atoms with Gasteiger partial charge in [-0.05, 0) is 50.4 Å². The van der Waals surface area contributed by atoms with E-state index in [0.717, 1.165) is 49.1 Å². The molecule has 2 N–H and O–H groups in total. The fourth-order valence-electron chi connectivity index (χ4n) is 3.35. The highest BCUT2D eigenvalue weighted by molar-refractivity contribution is 5.60. The molecule has 1 fully saturated rings. The highest BCUT2D eigenvalue weighted by atomic mass is 15.2. The van der Waals surface area contributed by atoms with Crippen molar-refractivity contribution in [2.75, 3.05) is 48.8 Å². The molecule has 3 heterocycles. The Kier molecular flexibility index (Phi) is 5.86. The maximum atomic E-state index is 4.59. The van der Waals surface area contributed by atoms with Crippen LogP contribution >= 0.6 is 0 Å². The Labute approximate surface area is 171 Å². The number of benzene rings is 1. The summed E-state index contributed by atoms with van der Waals surface area (Å²) >= 11 is 0. The van der Waals surface area contributed by atoms with Gasteiger partial charge in [-0.1, -0.05) is 6.07 Å². The highest BCUT2D eigenvalue weighted by Crippen LogP contribution is 2.21. The fraction of sp³-hybridized carbons (Fsp3) is 0.318. The van der Waals surface area contributed by atoms with Gasteiger partial charge in [0, 0.05) is 55.5 Å². The first-order valence-corrected chi connectivity index (χ1v) is 9.96. The summed E-state index contributed by atoms with van der Waals surface area (Å²) in [4.78, 5) is 18.2. The molecule has 2 aromatic heterocycles. The van der Waals surface area contributed by atoms with Gasteiger partial charge in [0.2, 0.25) is 5.95 Å². The minimum absolute atomic E-state index is 0.584. The molecule has 0 saturated carbocycles. The zero-order valence-electron chi connectivity index (χ0n) is 17.0. The number of rotatable bonds is 6. The predicted molar refractivity (Wildman–Crippen MR) is 118 cm³/mol. The third-order valence-electron chi connectivity index (χ3n) is 5.02. The Bertz CT molecular complexity index is 920. The largest absolute Gasteiger partial charge is 0.369 e. The van der Waals surface area contributed by atoms with Crippen molar-refractivity contribution >= 4 is 23.1 Å². The average molecular weight is 390 g/mol. The first kappa shape index (κ1) is 19.1. The van der Waals surface area contributed by atoms with E-state index >= 15 is 0 Å². The van der Waals surface area contributed by atoms with Crippen LogP contribution in [0.15, 0.2) is 54.7 Å². The number of nitrogens with zero attached hydrogens (tertiary/aromatic N) is 5. The van der Waals surface area contributed by atoms with Crippen molar-refractivity contribution < 1.29 is 0 Å². The zero-order valence-corrected chi connectivity index (χ0v) is 17.0. The SMILES string of the molecule is Cc1cc(NCc2ccccn2)nc(Nc2ccc(N3CCN(C)CC3)cc2)n1. The first-order chi connectivity index (χ1) is 14.2. The van der Waals surface area contributed by atoms with Crippen LogP contribution in [-0.4, -0.2) is 53.1 Å². The molecule has 0 unspecified atom stereocenters. The molecule has 0 aliphatic carbocycles. The molecular formula is C22H27N7. The Morgan fingerprint density at radius 3 is 2.48 bits per heavy atom. The number of hydrogen-bond donors (Lipinski definition) is 2. The van der Waals surface area contributed by atoms with Gasteiger partial charge in [0.15, 0.2) is 0 Å². The quantitative estimate of drug-likeness (QED) is 0.670. The molecule has 7 nitrogen and oxygen atoms in total. The molecular weight excluding hydrogens is 362 g/mol. The van der Waals surface area contributed by atoms with Crippen LogP contribution in [0.2, 0.25) is 0 Å². The number of likely N-dealkylation sites (N-methyl/N-ethyl adjacent to an activating group) is 1. The van der Waals surface area contributed by atoms with E-state index in [2.05, 4.69) is 66.7 Å². The smallest absolute Gasteiger partial charge is 0.229 e. The number of anilines is 4. The molecule has 1 aromatic carbocycles. The zero-order chi connectivity index (χ0) is 20.1. The van der Waals surface area contributed by atoms with Crippen LogP contribution in [-0.2, 0) is 6.54 Å². The number of piperazine rings is 1. The van der Waals surface area contributed by atoms with Crippen LogP contribution in [0, 0.1) is 6.92 Å². The summed E-state index contributed by atoms with van der Waals surface area (Å²) in [6.45, 7) is 6.92. The van der Waals surface area contributed by atoms with Crippen molar-refractivity contribution in [1.82, 2.24) is 19.9 Å². The van der Waals surface area contributed by atoms with Crippen molar-refractivity contribution in [2.45, 2.75) is 13.5 Å². The lowest BCUT2D eigenvalue weighted by molar-refractivity contribution is 0.313. The van der Waals surface area contributed by atoms with Crippen molar-refractivity contribution in [1.29, 1.82) is 0 Å². The van der Waals surface area contributed by atoms with E-state index in [9.17, 15) is 0 Å². The first-order valence-electron chi connectivity index (χ1n) is 9.96. The third-order valence-corrected chi connectivity index (χ3v) is 5.02. The van der Waals surface area contributed by atoms with E-state index in [1.165, 1.54) is 5.69 Å². The molecule has 1 aliphatic rings. The van der Waals surface area contributed by atoms with Crippen LogP contribution in [0.25, 0.3) is 0 Å². The van der Waals surface area contributed by atoms with Crippen molar-refractivity contribution in [2.24, 2.45) is 0 Å². The monoisotopic (exact) mass is 389 g/mol. The van der Waals surface area contributed by atoms with E-state index in [1.807, 2.05) is 31.2 Å². The average Bonchev–Trinajstić information content (AvgIpc) is 2.74. The maximum absolute atomic E-state index is 4.59. The number of aryl methyl sites for hydroxylation is 1. The van der Waals surface area contributed by atoms with Crippen molar-refractivity contribution in [3.8, 4) is 0 Å². The van der Waals surface area contributed by atoms with E-state index in [4.69, 9.17) is 0 Å². The van der Waals surface area contributed by atoms with Gasteiger partial charge in [-0.2, -0.15) is 4.98 Å². The van der Waals surface area contributed by atoms with Crippen molar-refractivity contribution in [3.05, 3.63) is 66.1 Å². The van der Waals surface area contributed by atoms with Crippen LogP contribution < -0.4 is 15.5 Å². The Morgan fingerprint density at radius 1 is 0.966 bits per heavy atom. The second kappa shape index (κ2) is 8.87. The molecule has 0 radical (unpaired) electrons. The number of nitrogens with one attached hydrogen (secondary N) is 2. The molecule has 4 rings (SSSR count). The van der Waals surface area contributed by atoms with Gasteiger partial charge in [-0.25, -0.2) is 4.98 Å². The van der Waals surface area contributed by atoms with Gasteiger partial charge in [0.1, 0.15) is 5.82 Å². The fourth-order valence-corrected chi connectivity index (χ4v) is 3.35. The van der Waals surface area contributed by atoms with Crippen molar-refractivity contribution in [3.63, 3.8) is 0 Å². The lowest BCUT2D eigenvalue weighted by Crippen LogP contribution is -2.44. The lowest BCUT2D eigenvalue weighted by atomic mass is 10.2. The minimum atomic E-state index is 0.584. The molecule has 1 aliphatic heterocycles. The van der Waals surface area contributed by atoms with E-state index < -0.39 is 0 Å². The van der Waals surface area contributed by atoms with Gasteiger partial charge >= 0.3 is 0 Å².